The van der Waals surface area contributed by atoms with Crippen molar-refractivity contribution in [2.75, 3.05) is 35.8 Å². The molecule has 1 aliphatic rings. The van der Waals surface area contributed by atoms with Gasteiger partial charge in [0, 0.05) is 44.5 Å². The van der Waals surface area contributed by atoms with Crippen LogP contribution in [0, 0.1) is 0 Å². The largest absolute Gasteiger partial charge is 0.368 e. The molecule has 0 aromatic heterocycles. The Morgan fingerprint density at radius 1 is 0.963 bits per heavy atom. The lowest BCUT2D eigenvalue weighted by atomic mass is 10.2. The number of nitrogens with zero attached hydrogens (tertiary/aromatic N) is 2. The van der Waals surface area contributed by atoms with Crippen LogP contribution in [0.1, 0.15) is 19.4 Å². The minimum absolute atomic E-state index is 0.103. The van der Waals surface area contributed by atoms with Gasteiger partial charge >= 0.3 is 0 Å². The summed E-state index contributed by atoms with van der Waals surface area (Å²) in [6.45, 7) is 6.58. The van der Waals surface area contributed by atoms with E-state index in [4.69, 9.17) is 0 Å². The molecule has 27 heavy (non-hydrogen) atoms. The Morgan fingerprint density at radius 3 is 2.07 bits per heavy atom. The third-order valence-corrected chi connectivity index (χ3v) is 6.25. The minimum atomic E-state index is -3.60. The van der Waals surface area contributed by atoms with E-state index in [-0.39, 0.29) is 10.8 Å². The predicted octanol–water partition coefficient (Wildman–Crippen LogP) is 2.72. The van der Waals surface area contributed by atoms with Crippen LogP contribution in [0.2, 0.25) is 0 Å². The van der Waals surface area contributed by atoms with Gasteiger partial charge in [0.2, 0.25) is 5.91 Å². The molecule has 1 aliphatic heterocycles. The van der Waals surface area contributed by atoms with Gasteiger partial charge in [0.1, 0.15) is 0 Å². The van der Waals surface area contributed by atoms with E-state index in [1.54, 1.807) is 31.2 Å². The molecule has 1 fully saturated rings. The summed E-state index contributed by atoms with van der Waals surface area (Å²) in [5.74, 6) is 0.103. The maximum atomic E-state index is 12.5. The van der Waals surface area contributed by atoms with Gasteiger partial charge in [-0.2, -0.15) is 0 Å². The lowest BCUT2D eigenvalue weighted by Crippen LogP contribution is -2.48. The topological polar surface area (TPSA) is 69.7 Å². The van der Waals surface area contributed by atoms with E-state index in [1.807, 2.05) is 36.1 Å². The fourth-order valence-corrected chi connectivity index (χ4v) is 4.20. The highest BCUT2D eigenvalue weighted by molar-refractivity contribution is 7.92. The van der Waals surface area contributed by atoms with Gasteiger partial charge in [-0.25, -0.2) is 8.42 Å². The van der Waals surface area contributed by atoms with Crippen LogP contribution in [0.3, 0.4) is 0 Å². The number of sulfonamides is 1. The predicted molar refractivity (Wildman–Crippen MR) is 108 cm³/mol. The number of carbonyl (C=O) groups excluding carboxylic acids is 1. The Morgan fingerprint density at radius 2 is 1.56 bits per heavy atom. The number of hydrogen-bond donors (Lipinski definition) is 1. The molecule has 1 heterocycles. The van der Waals surface area contributed by atoms with Crippen LogP contribution < -0.4 is 9.62 Å². The summed E-state index contributed by atoms with van der Waals surface area (Å²) in [5, 5.41) is 0. The first-order chi connectivity index (χ1) is 12.9. The molecule has 2 aromatic carbocycles. The zero-order valence-electron chi connectivity index (χ0n) is 15.7. The normalized spacial score (nSPS) is 14.9. The van der Waals surface area contributed by atoms with Gasteiger partial charge in [0.15, 0.2) is 0 Å². The van der Waals surface area contributed by atoms with E-state index in [0.717, 1.165) is 30.8 Å². The molecule has 1 N–H and O–H groups in total. The monoisotopic (exact) mass is 387 g/mol. The third kappa shape index (κ3) is 4.60. The van der Waals surface area contributed by atoms with Crippen molar-refractivity contribution in [1.82, 2.24) is 4.90 Å². The molecule has 0 atom stereocenters. The maximum Gasteiger partial charge on any atom is 0.261 e. The standard InChI is InChI=1S/C20H25N3O3S/c1-3-17-4-10-20(11-5-17)27(25,26)21-18-6-8-19(9-7-18)23-14-12-22(13-15-23)16(2)24/h4-11,21H,3,12-15H2,1-2H3. The van der Waals surface area contributed by atoms with Crippen molar-refractivity contribution >= 4 is 27.3 Å². The molecule has 3 rings (SSSR count). The molecule has 2 aromatic rings. The van der Waals surface area contributed by atoms with Gasteiger partial charge < -0.3 is 9.80 Å². The Hall–Kier alpha value is -2.54. The first-order valence-electron chi connectivity index (χ1n) is 9.11. The van der Waals surface area contributed by atoms with Crippen LogP contribution in [0.15, 0.2) is 53.4 Å². The van der Waals surface area contributed by atoms with Crippen LogP contribution in [0.4, 0.5) is 11.4 Å². The quantitative estimate of drug-likeness (QED) is 0.856. The van der Waals surface area contributed by atoms with Gasteiger partial charge in [-0.3, -0.25) is 9.52 Å². The van der Waals surface area contributed by atoms with Crippen LogP contribution in [-0.2, 0) is 21.2 Å². The van der Waals surface area contributed by atoms with E-state index in [0.29, 0.717) is 18.8 Å². The second-order valence-corrected chi connectivity index (χ2v) is 8.33. The minimum Gasteiger partial charge on any atom is -0.368 e. The van der Waals surface area contributed by atoms with Crippen molar-refractivity contribution in [3.63, 3.8) is 0 Å². The summed E-state index contributed by atoms with van der Waals surface area (Å²) >= 11 is 0. The number of aryl methyl sites for hydroxylation is 1. The Labute approximate surface area is 160 Å². The summed E-state index contributed by atoms with van der Waals surface area (Å²) < 4.78 is 27.7. The molecule has 0 unspecified atom stereocenters. The zero-order valence-corrected chi connectivity index (χ0v) is 16.5. The number of carbonyl (C=O) groups is 1. The lowest BCUT2D eigenvalue weighted by molar-refractivity contribution is -0.129. The molecular formula is C20H25N3O3S. The summed E-state index contributed by atoms with van der Waals surface area (Å²) in [5.41, 5.74) is 2.65. The molecule has 144 valence electrons. The van der Waals surface area contributed by atoms with Crippen molar-refractivity contribution in [3.8, 4) is 0 Å². The van der Waals surface area contributed by atoms with Gasteiger partial charge in [-0.05, 0) is 48.4 Å². The summed E-state index contributed by atoms with van der Waals surface area (Å²) in [6, 6.07) is 14.3. The molecule has 0 radical (unpaired) electrons. The van der Waals surface area contributed by atoms with Gasteiger partial charge in [-0.15, -0.1) is 0 Å². The first kappa shape index (κ1) is 19.2. The van der Waals surface area contributed by atoms with E-state index in [2.05, 4.69) is 9.62 Å². The lowest BCUT2D eigenvalue weighted by Gasteiger charge is -2.35. The van der Waals surface area contributed by atoms with Crippen LogP contribution in [-0.4, -0.2) is 45.4 Å². The van der Waals surface area contributed by atoms with Crippen molar-refractivity contribution in [1.29, 1.82) is 0 Å². The summed E-state index contributed by atoms with van der Waals surface area (Å²) in [6.07, 6.45) is 0.871. The average molecular weight is 388 g/mol. The Bertz CT molecular complexity index is 885. The molecule has 6 nitrogen and oxygen atoms in total. The molecule has 1 saturated heterocycles. The number of anilines is 2. The molecule has 0 saturated carbocycles. The highest BCUT2D eigenvalue weighted by atomic mass is 32.2. The SMILES string of the molecule is CCc1ccc(S(=O)(=O)Nc2ccc(N3CCN(C(C)=O)CC3)cc2)cc1. The van der Waals surface area contributed by atoms with Crippen LogP contribution >= 0.6 is 0 Å². The van der Waals surface area contributed by atoms with Crippen LogP contribution in [0.5, 0.6) is 0 Å². The van der Waals surface area contributed by atoms with Gasteiger partial charge in [0.25, 0.3) is 10.0 Å². The number of piperazine rings is 1. The molecule has 0 bridgehead atoms. The Kier molecular flexibility index (Phi) is 5.70. The molecule has 7 heteroatoms. The van der Waals surface area contributed by atoms with Gasteiger partial charge in [0.05, 0.1) is 4.90 Å². The van der Waals surface area contributed by atoms with E-state index in [1.165, 1.54) is 0 Å². The molecule has 0 aliphatic carbocycles. The number of hydrogen-bond acceptors (Lipinski definition) is 4. The molecule has 0 spiro atoms. The smallest absolute Gasteiger partial charge is 0.261 e. The second kappa shape index (κ2) is 8.00. The zero-order chi connectivity index (χ0) is 19.4. The first-order valence-corrected chi connectivity index (χ1v) is 10.6. The molecular weight excluding hydrogens is 362 g/mol. The second-order valence-electron chi connectivity index (χ2n) is 6.64. The number of rotatable bonds is 5. The van der Waals surface area contributed by atoms with Crippen molar-refractivity contribution in [2.45, 2.75) is 25.2 Å². The van der Waals surface area contributed by atoms with Crippen molar-refractivity contribution in [3.05, 3.63) is 54.1 Å². The van der Waals surface area contributed by atoms with E-state index >= 15 is 0 Å². The number of benzene rings is 2. The van der Waals surface area contributed by atoms with E-state index < -0.39 is 10.0 Å². The Balaban J connectivity index is 1.66. The highest BCUT2D eigenvalue weighted by Crippen LogP contribution is 2.22. The number of nitrogens with one attached hydrogen (secondary N) is 1. The number of amides is 1. The highest BCUT2D eigenvalue weighted by Gasteiger charge is 2.19. The van der Waals surface area contributed by atoms with Crippen LogP contribution in [0.25, 0.3) is 0 Å². The third-order valence-electron chi connectivity index (χ3n) is 4.85. The van der Waals surface area contributed by atoms with Gasteiger partial charge in [-0.1, -0.05) is 19.1 Å². The molecule has 1 amide bonds. The summed E-state index contributed by atoms with van der Waals surface area (Å²) in [4.78, 5) is 15.7. The van der Waals surface area contributed by atoms with Crippen molar-refractivity contribution < 1.29 is 13.2 Å². The average Bonchev–Trinajstić information content (AvgIpc) is 2.68. The summed E-state index contributed by atoms with van der Waals surface area (Å²) in [7, 11) is -3.60. The fourth-order valence-electron chi connectivity index (χ4n) is 3.14. The van der Waals surface area contributed by atoms with Crippen molar-refractivity contribution in [2.24, 2.45) is 0 Å². The maximum absolute atomic E-state index is 12.5. The van der Waals surface area contributed by atoms with E-state index in [9.17, 15) is 13.2 Å². The fraction of sp³-hybridized carbons (Fsp3) is 0.350.